The second-order valence-corrected chi connectivity index (χ2v) is 5.31. The van der Waals surface area contributed by atoms with Gasteiger partial charge in [-0.3, -0.25) is 4.79 Å². The quantitative estimate of drug-likeness (QED) is 0.495. The summed E-state index contributed by atoms with van der Waals surface area (Å²) in [4.78, 5) is 12.3. The molecule has 2 aromatic rings. The van der Waals surface area contributed by atoms with Crippen LogP contribution in [-0.4, -0.2) is 13.0 Å². The molecule has 2 rings (SSSR count). The monoisotopic (exact) mass is 342 g/mol. The highest BCUT2D eigenvalue weighted by molar-refractivity contribution is 6.31. The van der Waals surface area contributed by atoms with Gasteiger partial charge in [-0.25, -0.2) is 0 Å². The maximum absolute atomic E-state index is 12.3. The van der Waals surface area contributed by atoms with E-state index in [1.54, 1.807) is 49.6 Å². The molecular formula is C18H15ClN2O3. The Balaban J connectivity index is 2.22. The number of allylic oxidation sites excluding steroid dienone is 2. The molecule has 1 N–H and O–H groups in total. The van der Waals surface area contributed by atoms with Gasteiger partial charge in [0.05, 0.1) is 19.1 Å². The Kier molecular flexibility index (Phi) is 5.83. The molecule has 1 aromatic heterocycles. The topological polar surface area (TPSA) is 75.3 Å². The van der Waals surface area contributed by atoms with E-state index in [9.17, 15) is 10.1 Å². The molecule has 0 unspecified atom stereocenters. The number of anilines is 1. The van der Waals surface area contributed by atoms with E-state index in [-0.39, 0.29) is 5.57 Å². The van der Waals surface area contributed by atoms with Gasteiger partial charge < -0.3 is 14.5 Å². The number of halogens is 1. The number of nitrogens with zero attached hydrogens (tertiary/aromatic N) is 1. The number of furan rings is 1. The lowest BCUT2D eigenvalue weighted by Gasteiger charge is -2.10. The minimum absolute atomic E-state index is 0.0441. The molecule has 1 aromatic carbocycles. The number of rotatable bonds is 5. The molecule has 5 nitrogen and oxygen atoms in total. The fourth-order valence-electron chi connectivity index (χ4n) is 1.98. The number of methoxy groups -OCH3 is 1. The van der Waals surface area contributed by atoms with Crippen LogP contribution in [0.2, 0.25) is 5.02 Å². The van der Waals surface area contributed by atoms with Crippen molar-refractivity contribution in [2.24, 2.45) is 0 Å². The van der Waals surface area contributed by atoms with Gasteiger partial charge in [-0.1, -0.05) is 11.6 Å². The van der Waals surface area contributed by atoms with E-state index in [2.05, 4.69) is 5.32 Å². The number of benzene rings is 1. The van der Waals surface area contributed by atoms with Crippen molar-refractivity contribution in [1.82, 2.24) is 0 Å². The number of hydrogen-bond donors (Lipinski definition) is 1. The molecule has 0 fully saturated rings. The van der Waals surface area contributed by atoms with Crippen LogP contribution in [0.5, 0.6) is 5.75 Å². The van der Waals surface area contributed by atoms with Crippen LogP contribution in [0.4, 0.5) is 5.69 Å². The van der Waals surface area contributed by atoms with Crippen molar-refractivity contribution < 1.29 is 13.9 Å². The first-order valence-corrected chi connectivity index (χ1v) is 7.39. The Bertz CT molecular complexity index is 830. The first kappa shape index (κ1) is 17.4. The average molecular weight is 343 g/mol. The zero-order valence-corrected chi connectivity index (χ0v) is 13.9. The predicted octanol–water partition coefficient (Wildman–Crippen LogP) is 4.43. The third-order valence-corrected chi connectivity index (χ3v) is 3.30. The van der Waals surface area contributed by atoms with E-state index < -0.39 is 5.91 Å². The maximum atomic E-state index is 12.3. The normalized spacial score (nSPS) is 11.8. The van der Waals surface area contributed by atoms with Crippen LogP contribution in [0.1, 0.15) is 12.7 Å². The molecule has 0 aliphatic carbocycles. The van der Waals surface area contributed by atoms with E-state index in [1.807, 2.05) is 6.07 Å². The highest BCUT2D eigenvalue weighted by Crippen LogP contribution is 2.28. The van der Waals surface area contributed by atoms with Crippen molar-refractivity contribution in [3.05, 3.63) is 64.6 Å². The van der Waals surface area contributed by atoms with Gasteiger partial charge in [-0.2, -0.15) is 5.26 Å². The summed E-state index contributed by atoms with van der Waals surface area (Å²) in [7, 11) is 1.48. The minimum atomic E-state index is -0.551. The van der Waals surface area contributed by atoms with Gasteiger partial charge in [-0.15, -0.1) is 0 Å². The molecule has 0 spiro atoms. The molecule has 0 aliphatic heterocycles. The first-order valence-electron chi connectivity index (χ1n) is 7.02. The van der Waals surface area contributed by atoms with Crippen molar-refractivity contribution in [1.29, 1.82) is 5.26 Å². The molecule has 122 valence electrons. The number of carbonyl (C=O) groups excluding carboxylic acids is 1. The second-order valence-electron chi connectivity index (χ2n) is 4.87. The largest absolute Gasteiger partial charge is 0.495 e. The third kappa shape index (κ3) is 4.51. The summed E-state index contributed by atoms with van der Waals surface area (Å²) in [5, 5.41) is 12.3. The summed E-state index contributed by atoms with van der Waals surface area (Å²) in [6.45, 7) is 1.77. The molecule has 0 aliphatic rings. The zero-order valence-electron chi connectivity index (χ0n) is 13.2. The predicted molar refractivity (Wildman–Crippen MR) is 92.7 cm³/mol. The Labute approximate surface area is 144 Å². The number of ether oxygens (including phenoxy) is 1. The average Bonchev–Trinajstić information content (AvgIpc) is 3.05. The number of nitrogens with one attached hydrogen (secondary N) is 1. The smallest absolute Gasteiger partial charge is 0.266 e. The van der Waals surface area contributed by atoms with Gasteiger partial charge in [-0.05, 0) is 55.0 Å². The lowest BCUT2D eigenvalue weighted by Crippen LogP contribution is -2.14. The molecule has 1 amide bonds. The molecule has 24 heavy (non-hydrogen) atoms. The molecule has 1 heterocycles. The van der Waals surface area contributed by atoms with Crippen LogP contribution in [0.3, 0.4) is 0 Å². The minimum Gasteiger partial charge on any atom is -0.495 e. The van der Waals surface area contributed by atoms with Crippen LogP contribution < -0.4 is 10.1 Å². The van der Waals surface area contributed by atoms with E-state index in [1.165, 1.54) is 13.2 Å². The van der Waals surface area contributed by atoms with Gasteiger partial charge in [0.1, 0.15) is 23.2 Å². The Hall–Kier alpha value is -2.97. The number of hydrogen-bond acceptors (Lipinski definition) is 4. The fraction of sp³-hybridized carbons (Fsp3) is 0.111. The Morgan fingerprint density at radius 1 is 1.42 bits per heavy atom. The van der Waals surface area contributed by atoms with Gasteiger partial charge in [0.2, 0.25) is 0 Å². The van der Waals surface area contributed by atoms with Crippen LogP contribution in [0.25, 0.3) is 6.08 Å². The fourth-order valence-corrected chi connectivity index (χ4v) is 2.16. The molecule has 0 saturated heterocycles. The summed E-state index contributed by atoms with van der Waals surface area (Å²) in [6.07, 6.45) is 4.76. The maximum Gasteiger partial charge on any atom is 0.266 e. The van der Waals surface area contributed by atoms with Gasteiger partial charge >= 0.3 is 0 Å². The summed E-state index contributed by atoms with van der Waals surface area (Å²) in [6, 6.07) is 10.3. The number of amides is 1. The van der Waals surface area contributed by atoms with Crippen LogP contribution in [-0.2, 0) is 4.79 Å². The van der Waals surface area contributed by atoms with Crippen LogP contribution >= 0.6 is 11.6 Å². The van der Waals surface area contributed by atoms with Gasteiger partial charge in [0.25, 0.3) is 5.91 Å². The van der Waals surface area contributed by atoms with Crippen LogP contribution in [0, 0.1) is 11.3 Å². The van der Waals surface area contributed by atoms with Crippen molar-refractivity contribution in [2.75, 3.05) is 12.4 Å². The molecule has 0 radical (unpaired) electrons. The lowest BCUT2D eigenvalue weighted by atomic mass is 10.1. The number of nitriles is 1. The van der Waals surface area contributed by atoms with E-state index in [0.29, 0.717) is 27.8 Å². The summed E-state index contributed by atoms with van der Waals surface area (Å²) < 4.78 is 10.4. The Morgan fingerprint density at radius 2 is 2.21 bits per heavy atom. The van der Waals surface area contributed by atoms with Crippen LogP contribution in [0.15, 0.2) is 58.2 Å². The summed E-state index contributed by atoms with van der Waals surface area (Å²) in [5.74, 6) is 0.538. The van der Waals surface area contributed by atoms with Crippen molar-refractivity contribution in [2.45, 2.75) is 6.92 Å². The summed E-state index contributed by atoms with van der Waals surface area (Å²) in [5.41, 5.74) is 1.05. The van der Waals surface area contributed by atoms with E-state index in [0.717, 1.165) is 0 Å². The molecule has 6 heteroatoms. The molecular weight excluding hydrogens is 328 g/mol. The van der Waals surface area contributed by atoms with Gasteiger partial charge in [0, 0.05) is 5.02 Å². The highest BCUT2D eigenvalue weighted by Gasteiger charge is 2.13. The van der Waals surface area contributed by atoms with E-state index >= 15 is 0 Å². The molecule has 0 atom stereocenters. The highest BCUT2D eigenvalue weighted by atomic mass is 35.5. The van der Waals surface area contributed by atoms with Crippen molar-refractivity contribution in [3.8, 4) is 11.8 Å². The molecule has 0 bridgehead atoms. The Morgan fingerprint density at radius 3 is 2.83 bits per heavy atom. The van der Waals surface area contributed by atoms with Gasteiger partial charge in [0.15, 0.2) is 0 Å². The number of carbonyl (C=O) groups is 1. The second kappa shape index (κ2) is 8.04. The SMILES string of the molecule is COc1ccc(Cl)cc1NC(=O)/C(C#N)=C/C(C)=C/c1ccco1. The lowest BCUT2D eigenvalue weighted by molar-refractivity contribution is -0.112. The van der Waals surface area contributed by atoms with E-state index in [4.69, 9.17) is 20.8 Å². The standard InChI is InChI=1S/C18H15ClN2O3/c1-12(9-15-4-3-7-24-15)8-13(11-20)18(22)21-16-10-14(19)5-6-17(16)23-2/h3-10H,1-2H3,(H,21,22)/b12-9+,13-8+. The van der Waals surface area contributed by atoms with Crippen molar-refractivity contribution >= 4 is 29.3 Å². The van der Waals surface area contributed by atoms with Crippen molar-refractivity contribution in [3.63, 3.8) is 0 Å². The third-order valence-electron chi connectivity index (χ3n) is 3.06. The molecule has 0 saturated carbocycles. The first-order chi connectivity index (χ1) is 11.5. The zero-order chi connectivity index (χ0) is 17.5. The summed E-state index contributed by atoms with van der Waals surface area (Å²) >= 11 is 5.93.